The number of hydrogen-bond acceptors (Lipinski definition) is 2. The van der Waals surface area contributed by atoms with Crippen molar-refractivity contribution in [2.24, 2.45) is 0 Å². The molecule has 0 amide bonds. The van der Waals surface area contributed by atoms with Gasteiger partial charge in [0.2, 0.25) is 0 Å². The fourth-order valence-corrected chi connectivity index (χ4v) is 1.70. The van der Waals surface area contributed by atoms with Crippen LogP contribution >= 0.6 is 0 Å². The number of rotatable bonds is 4. The maximum Gasteiger partial charge on any atom is 0.0309 e. The van der Waals surface area contributed by atoms with Crippen molar-refractivity contribution in [2.45, 2.75) is 52.2 Å². The van der Waals surface area contributed by atoms with Crippen LogP contribution in [0.15, 0.2) is 23.9 Å². The molecule has 0 heterocycles. The van der Waals surface area contributed by atoms with Gasteiger partial charge in [0.05, 0.1) is 0 Å². The van der Waals surface area contributed by atoms with Gasteiger partial charge in [-0.25, -0.2) is 0 Å². The standard InChI is InChI=1S/C12H22N2/c1-9(2)13-11-6-5-7-12(8-11)14-10(3)4/h5-7,9-11,13-14H,8H2,1-4H3/t11-/m0/s1. The average molecular weight is 194 g/mol. The normalized spacial score (nSPS) is 21.6. The molecule has 2 N–H and O–H groups in total. The van der Waals surface area contributed by atoms with Crippen LogP contribution in [0.25, 0.3) is 0 Å². The Morgan fingerprint density at radius 2 is 1.93 bits per heavy atom. The van der Waals surface area contributed by atoms with Crippen LogP contribution in [0.5, 0.6) is 0 Å². The first-order valence-electron chi connectivity index (χ1n) is 5.48. The van der Waals surface area contributed by atoms with Crippen LogP contribution in [0.4, 0.5) is 0 Å². The van der Waals surface area contributed by atoms with Gasteiger partial charge in [-0.1, -0.05) is 26.0 Å². The number of nitrogens with one attached hydrogen (secondary N) is 2. The van der Waals surface area contributed by atoms with Crippen LogP contribution in [0.2, 0.25) is 0 Å². The SMILES string of the molecule is CC(C)NC1=CC=C[C@H](NC(C)C)C1. The zero-order valence-electron chi connectivity index (χ0n) is 9.67. The fraction of sp³-hybridized carbons (Fsp3) is 0.667. The molecule has 0 radical (unpaired) electrons. The lowest BCUT2D eigenvalue weighted by Crippen LogP contribution is -2.36. The van der Waals surface area contributed by atoms with Crippen molar-refractivity contribution in [3.8, 4) is 0 Å². The van der Waals surface area contributed by atoms with Gasteiger partial charge in [-0.2, -0.15) is 0 Å². The highest BCUT2D eigenvalue weighted by Crippen LogP contribution is 2.11. The van der Waals surface area contributed by atoms with Crippen LogP contribution in [0.3, 0.4) is 0 Å². The highest BCUT2D eigenvalue weighted by Gasteiger charge is 2.12. The van der Waals surface area contributed by atoms with Gasteiger partial charge in [-0.15, -0.1) is 0 Å². The lowest BCUT2D eigenvalue weighted by atomic mass is 10.0. The van der Waals surface area contributed by atoms with Gasteiger partial charge in [0.15, 0.2) is 0 Å². The van der Waals surface area contributed by atoms with E-state index in [2.05, 4.69) is 56.6 Å². The van der Waals surface area contributed by atoms with E-state index in [9.17, 15) is 0 Å². The lowest BCUT2D eigenvalue weighted by Gasteiger charge is -2.24. The quantitative estimate of drug-likeness (QED) is 0.717. The van der Waals surface area contributed by atoms with Gasteiger partial charge in [-0.3, -0.25) is 0 Å². The summed E-state index contributed by atoms with van der Waals surface area (Å²) in [5.41, 5.74) is 1.33. The summed E-state index contributed by atoms with van der Waals surface area (Å²) in [6.45, 7) is 8.71. The summed E-state index contributed by atoms with van der Waals surface area (Å²) in [4.78, 5) is 0. The predicted molar refractivity (Wildman–Crippen MR) is 62.2 cm³/mol. The van der Waals surface area contributed by atoms with Gasteiger partial charge in [0, 0.05) is 30.2 Å². The largest absolute Gasteiger partial charge is 0.386 e. The molecule has 0 fully saturated rings. The van der Waals surface area contributed by atoms with Crippen LogP contribution < -0.4 is 10.6 Å². The second-order valence-electron chi connectivity index (χ2n) is 4.51. The first-order chi connectivity index (χ1) is 6.58. The summed E-state index contributed by atoms with van der Waals surface area (Å²) in [7, 11) is 0. The molecule has 0 saturated carbocycles. The van der Waals surface area contributed by atoms with E-state index in [1.54, 1.807) is 0 Å². The molecule has 0 aromatic rings. The van der Waals surface area contributed by atoms with Crippen molar-refractivity contribution in [3.05, 3.63) is 23.9 Å². The van der Waals surface area contributed by atoms with E-state index in [1.165, 1.54) is 5.70 Å². The van der Waals surface area contributed by atoms with Crippen molar-refractivity contribution in [3.63, 3.8) is 0 Å². The molecule has 0 aromatic heterocycles. The van der Waals surface area contributed by atoms with E-state index in [0.29, 0.717) is 18.1 Å². The molecule has 14 heavy (non-hydrogen) atoms. The minimum Gasteiger partial charge on any atom is -0.386 e. The molecule has 2 heteroatoms. The predicted octanol–water partition coefficient (Wildman–Crippen LogP) is 2.19. The number of hydrogen-bond donors (Lipinski definition) is 2. The monoisotopic (exact) mass is 194 g/mol. The molecule has 1 rings (SSSR count). The van der Waals surface area contributed by atoms with Crippen molar-refractivity contribution < 1.29 is 0 Å². The summed E-state index contributed by atoms with van der Waals surface area (Å²) in [5, 5.41) is 6.97. The van der Waals surface area contributed by atoms with Crippen molar-refractivity contribution in [1.29, 1.82) is 0 Å². The molecule has 80 valence electrons. The molecule has 0 bridgehead atoms. The second-order valence-corrected chi connectivity index (χ2v) is 4.51. The third-order valence-corrected chi connectivity index (χ3v) is 2.10. The maximum atomic E-state index is 3.52. The summed E-state index contributed by atoms with van der Waals surface area (Å²) >= 11 is 0. The molecule has 2 nitrogen and oxygen atoms in total. The van der Waals surface area contributed by atoms with E-state index >= 15 is 0 Å². The molecule has 0 spiro atoms. The van der Waals surface area contributed by atoms with E-state index in [0.717, 1.165) is 6.42 Å². The Morgan fingerprint density at radius 3 is 2.50 bits per heavy atom. The third kappa shape index (κ3) is 3.97. The molecule has 1 aliphatic carbocycles. The van der Waals surface area contributed by atoms with E-state index < -0.39 is 0 Å². The summed E-state index contributed by atoms with van der Waals surface area (Å²) in [6.07, 6.45) is 7.60. The average Bonchev–Trinajstić information content (AvgIpc) is 2.01. The maximum absolute atomic E-state index is 3.52. The summed E-state index contributed by atoms with van der Waals surface area (Å²) in [6, 6.07) is 1.55. The van der Waals surface area contributed by atoms with Gasteiger partial charge in [0.25, 0.3) is 0 Å². The molecular formula is C12H22N2. The summed E-state index contributed by atoms with van der Waals surface area (Å²) < 4.78 is 0. The molecule has 0 saturated heterocycles. The Balaban J connectivity index is 2.43. The first-order valence-corrected chi connectivity index (χ1v) is 5.48. The van der Waals surface area contributed by atoms with Gasteiger partial charge < -0.3 is 10.6 Å². The van der Waals surface area contributed by atoms with E-state index in [-0.39, 0.29) is 0 Å². The topological polar surface area (TPSA) is 24.1 Å². The molecule has 1 aliphatic rings. The highest BCUT2D eigenvalue weighted by molar-refractivity contribution is 5.21. The van der Waals surface area contributed by atoms with Crippen molar-refractivity contribution in [2.75, 3.05) is 0 Å². The Kier molecular flexibility index (Phi) is 4.21. The smallest absolute Gasteiger partial charge is 0.0309 e. The van der Waals surface area contributed by atoms with E-state index in [1.807, 2.05) is 0 Å². The minimum absolute atomic E-state index is 0.487. The van der Waals surface area contributed by atoms with Crippen molar-refractivity contribution in [1.82, 2.24) is 10.6 Å². The second kappa shape index (κ2) is 5.20. The van der Waals surface area contributed by atoms with Gasteiger partial charge >= 0.3 is 0 Å². The Bertz CT molecular complexity index is 226. The van der Waals surface area contributed by atoms with Crippen LogP contribution in [-0.4, -0.2) is 18.1 Å². The summed E-state index contributed by atoms with van der Waals surface area (Å²) in [5.74, 6) is 0. The van der Waals surface area contributed by atoms with Crippen LogP contribution in [0.1, 0.15) is 34.1 Å². The Hall–Kier alpha value is -0.760. The van der Waals surface area contributed by atoms with Gasteiger partial charge in [0.1, 0.15) is 0 Å². The minimum atomic E-state index is 0.487. The fourth-order valence-electron chi connectivity index (χ4n) is 1.70. The Labute approximate surface area is 87.5 Å². The molecule has 0 aliphatic heterocycles. The molecular weight excluding hydrogens is 172 g/mol. The molecule has 0 unspecified atom stereocenters. The lowest BCUT2D eigenvalue weighted by molar-refractivity contribution is 0.498. The number of allylic oxidation sites excluding steroid dienone is 2. The van der Waals surface area contributed by atoms with Crippen LogP contribution in [0, 0.1) is 0 Å². The molecule has 0 aromatic carbocycles. The highest BCUT2D eigenvalue weighted by atomic mass is 15.0. The first kappa shape index (κ1) is 11.3. The Morgan fingerprint density at radius 1 is 1.21 bits per heavy atom. The van der Waals surface area contributed by atoms with Crippen molar-refractivity contribution >= 4 is 0 Å². The third-order valence-electron chi connectivity index (χ3n) is 2.10. The van der Waals surface area contributed by atoms with Gasteiger partial charge in [-0.05, 0) is 19.9 Å². The van der Waals surface area contributed by atoms with E-state index in [4.69, 9.17) is 0 Å². The van der Waals surface area contributed by atoms with Crippen LogP contribution in [-0.2, 0) is 0 Å². The molecule has 1 atom stereocenters. The zero-order chi connectivity index (χ0) is 10.6. The zero-order valence-corrected chi connectivity index (χ0v) is 9.67.